The molecule has 8 nitrogen and oxygen atoms in total. The Kier molecular flexibility index (Phi) is 5.66. The lowest BCUT2D eigenvalue weighted by Crippen LogP contribution is -2.40. The summed E-state index contributed by atoms with van der Waals surface area (Å²) < 4.78 is 17.6. The van der Waals surface area contributed by atoms with Crippen LogP contribution in [-0.4, -0.2) is 54.3 Å². The van der Waals surface area contributed by atoms with Crippen LogP contribution in [0.1, 0.15) is 39.5 Å². The first-order valence-electron chi connectivity index (χ1n) is 10.1. The topological polar surface area (TPSA) is 89.7 Å². The molecule has 28 heavy (non-hydrogen) atoms. The highest BCUT2D eigenvalue weighted by molar-refractivity contribution is 5.74. The standard InChI is InChI=1S/C20H28N4O4/c1-13(22-14(2)25)11-26-16-5-7-24(8-6-16)20-23-17-9-19(21-10-18(17)28-20)27-12-15-3-4-15/h9-10,13,15-16H,3-8,11-12H2,1-2H3,(H,22,25). The summed E-state index contributed by atoms with van der Waals surface area (Å²) in [6.45, 7) is 6.38. The maximum Gasteiger partial charge on any atom is 0.298 e. The van der Waals surface area contributed by atoms with Gasteiger partial charge >= 0.3 is 0 Å². The number of rotatable bonds is 8. The van der Waals surface area contributed by atoms with Crippen molar-refractivity contribution in [3.05, 3.63) is 12.3 Å². The number of pyridine rings is 1. The summed E-state index contributed by atoms with van der Waals surface area (Å²) in [6, 6.07) is 2.50. The zero-order valence-corrected chi connectivity index (χ0v) is 16.5. The van der Waals surface area contributed by atoms with Crippen LogP contribution in [0.5, 0.6) is 5.88 Å². The van der Waals surface area contributed by atoms with E-state index < -0.39 is 0 Å². The number of amides is 1. The molecule has 1 aliphatic carbocycles. The second kappa shape index (κ2) is 8.34. The molecule has 1 amide bonds. The maximum atomic E-state index is 11.1. The lowest BCUT2D eigenvalue weighted by Gasteiger charge is -2.31. The second-order valence-electron chi connectivity index (χ2n) is 7.86. The van der Waals surface area contributed by atoms with Crippen molar-refractivity contribution in [1.29, 1.82) is 0 Å². The van der Waals surface area contributed by atoms with Crippen LogP contribution >= 0.6 is 0 Å². The highest BCUT2D eigenvalue weighted by Gasteiger charge is 2.25. The zero-order valence-electron chi connectivity index (χ0n) is 16.5. The molecular formula is C20H28N4O4. The van der Waals surface area contributed by atoms with Gasteiger partial charge in [0.05, 0.1) is 25.5 Å². The summed E-state index contributed by atoms with van der Waals surface area (Å²) in [5, 5.41) is 2.84. The Morgan fingerprint density at radius 1 is 1.36 bits per heavy atom. The monoisotopic (exact) mass is 388 g/mol. The molecule has 0 radical (unpaired) electrons. The average Bonchev–Trinajstić information content (AvgIpc) is 3.41. The van der Waals surface area contributed by atoms with E-state index in [0.717, 1.165) is 38.1 Å². The Labute approximate surface area is 164 Å². The highest BCUT2D eigenvalue weighted by atomic mass is 16.5. The Bertz CT molecular complexity index is 812. The molecule has 0 bridgehead atoms. The van der Waals surface area contributed by atoms with E-state index in [-0.39, 0.29) is 18.1 Å². The van der Waals surface area contributed by atoms with E-state index in [4.69, 9.17) is 13.9 Å². The number of anilines is 1. The summed E-state index contributed by atoms with van der Waals surface area (Å²) >= 11 is 0. The molecular weight excluding hydrogens is 360 g/mol. The Morgan fingerprint density at radius 2 is 2.14 bits per heavy atom. The van der Waals surface area contributed by atoms with Gasteiger partial charge in [-0.3, -0.25) is 4.79 Å². The van der Waals surface area contributed by atoms with E-state index in [2.05, 4.69) is 20.2 Å². The molecule has 1 N–H and O–H groups in total. The first kappa shape index (κ1) is 19.0. The number of fused-ring (bicyclic) bond motifs is 1. The fourth-order valence-electron chi connectivity index (χ4n) is 3.39. The van der Waals surface area contributed by atoms with Crippen molar-refractivity contribution >= 4 is 23.0 Å². The Morgan fingerprint density at radius 3 is 2.86 bits per heavy atom. The number of carbonyl (C=O) groups excluding carboxylic acids is 1. The largest absolute Gasteiger partial charge is 0.477 e. The van der Waals surface area contributed by atoms with E-state index in [1.165, 1.54) is 19.8 Å². The van der Waals surface area contributed by atoms with E-state index in [0.29, 0.717) is 30.0 Å². The van der Waals surface area contributed by atoms with Crippen LogP contribution in [0.4, 0.5) is 6.01 Å². The lowest BCUT2D eigenvalue weighted by molar-refractivity contribution is -0.120. The van der Waals surface area contributed by atoms with Crippen molar-refractivity contribution in [1.82, 2.24) is 15.3 Å². The molecule has 1 unspecified atom stereocenters. The number of oxazole rings is 1. The number of ether oxygens (including phenoxy) is 2. The Balaban J connectivity index is 1.29. The van der Waals surface area contributed by atoms with Gasteiger partial charge in [0.2, 0.25) is 11.8 Å². The number of hydrogen-bond acceptors (Lipinski definition) is 7. The van der Waals surface area contributed by atoms with E-state index >= 15 is 0 Å². The first-order valence-corrected chi connectivity index (χ1v) is 10.1. The van der Waals surface area contributed by atoms with Crippen LogP contribution in [0, 0.1) is 5.92 Å². The second-order valence-corrected chi connectivity index (χ2v) is 7.86. The van der Waals surface area contributed by atoms with Gasteiger partial charge in [0.25, 0.3) is 6.01 Å². The molecule has 2 aromatic heterocycles. The van der Waals surface area contributed by atoms with E-state index in [9.17, 15) is 4.79 Å². The number of hydrogen-bond donors (Lipinski definition) is 1. The van der Waals surface area contributed by atoms with Gasteiger partial charge in [-0.2, -0.15) is 4.98 Å². The smallest absolute Gasteiger partial charge is 0.298 e. The van der Waals surface area contributed by atoms with Crippen LogP contribution in [0.15, 0.2) is 16.7 Å². The molecule has 3 heterocycles. The normalized spacial score (nSPS) is 19.0. The van der Waals surface area contributed by atoms with Gasteiger partial charge in [-0.05, 0) is 38.5 Å². The number of aromatic nitrogens is 2. The molecule has 1 atom stereocenters. The zero-order chi connectivity index (χ0) is 19.5. The van der Waals surface area contributed by atoms with Crippen LogP contribution in [0.2, 0.25) is 0 Å². The van der Waals surface area contributed by atoms with Crippen molar-refractivity contribution in [3.63, 3.8) is 0 Å². The van der Waals surface area contributed by atoms with Crippen LogP contribution in [-0.2, 0) is 9.53 Å². The van der Waals surface area contributed by atoms with Crippen LogP contribution in [0.3, 0.4) is 0 Å². The molecule has 0 spiro atoms. The van der Waals surface area contributed by atoms with Crippen LogP contribution in [0.25, 0.3) is 11.1 Å². The van der Waals surface area contributed by atoms with Gasteiger partial charge in [-0.25, -0.2) is 4.98 Å². The molecule has 0 aromatic carbocycles. The predicted octanol–water partition coefficient (Wildman–Crippen LogP) is 2.52. The third kappa shape index (κ3) is 4.92. The van der Waals surface area contributed by atoms with Crippen molar-refractivity contribution in [2.45, 2.75) is 51.7 Å². The molecule has 4 rings (SSSR count). The number of nitrogens with zero attached hydrogens (tertiary/aromatic N) is 3. The van der Waals surface area contributed by atoms with Gasteiger partial charge in [0.1, 0.15) is 5.52 Å². The van der Waals surface area contributed by atoms with E-state index in [1.54, 1.807) is 6.20 Å². The minimum Gasteiger partial charge on any atom is -0.477 e. The molecule has 2 aromatic rings. The third-order valence-corrected chi connectivity index (χ3v) is 5.15. The third-order valence-electron chi connectivity index (χ3n) is 5.15. The first-order chi connectivity index (χ1) is 13.6. The SMILES string of the molecule is CC(=O)NC(C)COC1CCN(c2nc3cc(OCC4CC4)ncc3o2)CC1. The minimum absolute atomic E-state index is 0.0244. The fraction of sp³-hybridized carbons (Fsp3) is 0.650. The molecule has 8 heteroatoms. The summed E-state index contributed by atoms with van der Waals surface area (Å²) in [4.78, 5) is 22.1. The Hall–Kier alpha value is -2.35. The van der Waals surface area contributed by atoms with Crippen molar-refractivity contribution in [2.24, 2.45) is 5.92 Å². The molecule has 2 fully saturated rings. The summed E-state index contributed by atoms with van der Waals surface area (Å²) in [5.74, 6) is 1.27. The molecule has 2 aliphatic rings. The van der Waals surface area contributed by atoms with Gasteiger partial charge in [0, 0.05) is 32.1 Å². The number of carbonyl (C=O) groups is 1. The van der Waals surface area contributed by atoms with Gasteiger partial charge < -0.3 is 24.1 Å². The summed E-state index contributed by atoms with van der Waals surface area (Å²) in [5.41, 5.74) is 1.45. The van der Waals surface area contributed by atoms with Gasteiger partial charge in [-0.15, -0.1) is 0 Å². The quantitative estimate of drug-likeness (QED) is 0.743. The lowest BCUT2D eigenvalue weighted by atomic mass is 10.1. The van der Waals surface area contributed by atoms with Crippen LogP contribution < -0.4 is 15.0 Å². The number of piperidine rings is 1. The molecule has 1 aliphatic heterocycles. The van der Waals surface area contributed by atoms with Crippen molar-refractivity contribution in [2.75, 3.05) is 31.2 Å². The average molecular weight is 388 g/mol. The number of nitrogens with one attached hydrogen (secondary N) is 1. The van der Waals surface area contributed by atoms with Gasteiger partial charge in [-0.1, -0.05) is 0 Å². The maximum absolute atomic E-state index is 11.1. The summed E-state index contributed by atoms with van der Waals surface area (Å²) in [7, 11) is 0. The fourth-order valence-corrected chi connectivity index (χ4v) is 3.39. The molecule has 1 saturated heterocycles. The van der Waals surface area contributed by atoms with Crippen molar-refractivity contribution < 1.29 is 18.7 Å². The van der Waals surface area contributed by atoms with Gasteiger partial charge in [0.15, 0.2) is 5.58 Å². The predicted molar refractivity (Wildman–Crippen MR) is 104 cm³/mol. The minimum atomic E-state index is -0.0301. The highest BCUT2D eigenvalue weighted by Crippen LogP contribution is 2.30. The van der Waals surface area contributed by atoms with E-state index in [1.807, 2.05) is 13.0 Å². The summed E-state index contributed by atoms with van der Waals surface area (Å²) in [6.07, 6.45) is 6.19. The molecule has 1 saturated carbocycles. The van der Waals surface area contributed by atoms with Crippen molar-refractivity contribution in [3.8, 4) is 5.88 Å². The molecule has 152 valence electrons.